The van der Waals surface area contributed by atoms with Gasteiger partial charge in [0.05, 0.1) is 17.6 Å². The minimum Gasteiger partial charge on any atom is -0.399 e. The molecule has 0 aliphatic heterocycles. The van der Waals surface area contributed by atoms with Gasteiger partial charge in [0.25, 0.3) is 0 Å². The van der Waals surface area contributed by atoms with Crippen molar-refractivity contribution in [3.8, 4) is 0 Å². The van der Waals surface area contributed by atoms with Crippen LogP contribution in [0.2, 0.25) is 0 Å². The Balaban J connectivity index is 2.13. The maximum atomic E-state index is 5.86. The number of halogens is 1. The molecule has 3 rings (SSSR count). The highest BCUT2D eigenvalue weighted by Gasteiger charge is 2.14. The van der Waals surface area contributed by atoms with Gasteiger partial charge in [-0.25, -0.2) is 4.98 Å². The minimum absolute atomic E-state index is 0.382. The summed E-state index contributed by atoms with van der Waals surface area (Å²) in [5.74, 6) is 1.49. The maximum Gasteiger partial charge on any atom is 0.112 e. The lowest BCUT2D eigenvalue weighted by Crippen LogP contribution is -2.05. The summed E-state index contributed by atoms with van der Waals surface area (Å²) in [7, 11) is 0. The van der Waals surface area contributed by atoms with E-state index < -0.39 is 0 Å². The summed E-state index contributed by atoms with van der Waals surface area (Å²) in [5, 5.41) is 2.11. The van der Waals surface area contributed by atoms with Crippen molar-refractivity contribution in [3.05, 3.63) is 44.8 Å². The summed E-state index contributed by atoms with van der Waals surface area (Å²) in [6, 6.07) is 8.11. The molecule has 1 aromatic carbocycles. The predicted octanol–water partition coefficient (Wildman–Crippen LogP) is 4.61. The Morgan fingerprint density at radius 3 is 2.80 bits per heavy atom. The first-order valence-corrected chi connectivity index (χ1v) is 8.20. The molecule has 2 aromatic heterocycles. The fraction of sp³-hybridized carbons (Fsp3) is 0.267. The van der Waals surface area contributed by atoms with E-state index in [2.05, 4.69) is 51.9 Å². The lowest BCUT2D eigenvalue weighted by molar-refractivity contribution is 0.688. The summed E-state index contributed by atoms with van der Waals surface area (Å²) in [4.78, 5) is 6.07. The largest absolute Gasteiger partial charge is 0.399 e. The number of nitrogen functional groups attached to an aromatic ring is 1. The second-order valence-corrected chi connectivity index (χ2v) is 7.10. The van der Waals surface area contributed by atoms with Crippen LogP contribution in [0, 0.1) is 0 Å². The van der Waals surface area contributed by atoms with Gasteiger partial charge in [0, 0.05) is 26.3 Å². The molecule has 0 fully saturated rings. The van der Waals surface area contributed by atoms with E-state index in [9.17, 15) is 0 Å². The van der Waals surface area contributed by atoms with Gasteiger partial charge in [-0.05, 0) is 40.2 Å². The molecule has 2 heterocycles. The predicted molar refractivity (Wildman–Crippen MR) is 89.4 cm³/mol. The SMILES string of the molecule is CC(C)c1nc2cc(N)ccc2n1Cc1cc(Br)cs1. The van der Waals surface area contributed by atoms with Crippen LogP contribution in [0.1, 0.15) is 30.5 Å². The van der Waals surface area contributed by atoms with Gasteiger partial charge in [0.2, 0.25) is 0 Å². The first-order chi connectivity index (χ1) is 9.54. The molecule has 3 nitrogen and oxygen atoms in total. The molecule has 20 heavy (non-hydrogen) atoms. The number of aromatic nitrogens is 2. The van der Waals surface area contributed by atoms with Gasteiger partial charge in [-0.15, -0.1) is 11.3 Å². The number of hydrogen-bond acceptors (Lipinski definition) is 3. The van der Waals surface area contributed by atoms with Crippen LogP contribution >= 0.6 is 27.3 Å². The Labute approximate surface area is 130 Å². The number of nitrogens with two attached hydrogens (primary N) is 1. The number of benzene rings is 1. The van der Waals surface area contributed by atoms with Crippen LogP contribution in [-0.4, -0.2) is 9.55 Å². The van der Waals surface area contributed by atoms with Crippen LogP contribution in [0.3, 0.4) is 0 Å². The van der Waals surface area contributed by atoms with Gasteiger partial charge in [-0.2, -0.15) is 0 Å². The highest BCUT2D eigenvalue weighted by Crippen LogP contribution is 2.27. The van der Waals surface area contributed by atoms with E-state index in [1.54, 1.807) is 11.3 Å². The minimum atomic E-state index is 0.382. The van der Waals surface area contributed by atoms with Crippen molar-refractivity contribution in [1.29, 1.82) is 0 Å². The third-order valence-corrected chi connectivity index (χ3v) is 4.94. The first kappa shape index (κ1) is 13.6. The third kappa shape index (κ3) is 2.47. The van der Waals surface area contributed by atoms with Crippen molar-refractivity contribution in [1.82, 2.24) is 9.55 Å². The Hall–Kier alpha value is -1.33. The summed E-state index contributed by atoms with van der Waals surface area (Å²) >= 11 is 5.27. The summed E-state index contributed by atoms with van der Waals surface area (Å²) in [6.45, 7) is 5.20. The number of thiophene rings is 1. The molecule has 5 heteroatoms. The number of imidazole rings is 1. The van der Waals surface area contributed by atoms with Gasteiger partial charge in [-0.3, -0.25) is 0 Å². The van der Waals surface area contributed by atoms with Gasteiger partial charge in [-0.1, -0.05) is 13.8 Å². The molecule has 0 aliphatic carbocycles. The lowest BCUT2D eigenvalue weighted by atomic mass is 10.2. The van der Waals surface area contributed by atoms with Crippen molar-refractivity contribution in [2.45, 2.75) is 26.3 Å². The highest BCUT2D eigenvalue weighted by molar-refractivity contribution is 9.10. The molecular formula is C15H16BrN3S. The zero-order valence-corrected chi connectivity index (χ0v) is 13.8. The molecule has 0 bridgehead atoms. The second kappa shape index (κ2) is 5.22. The Kier molecular flexibility index (Phi) is 3.56. The van der Waals surface area contributed by atoms with Crippen LogP contribution in [0.25, 0.3) is 11.0 Å². The van der Waals surface area contributed by atoms with Crippen molar-refractivity contribution in [3.63, 3.8) is 0 Å². The van der Waals surface area contributed by atoms with Crippen LogP contribution in [0.15, 0.2) is 34.1 Å². The van der Waals surface area contributed by atoms with Crippen molar-refractivity contribution < 1.29 is 0 Å². The molecule has 0 atom stereocenters. The normalized spacial score (nSPS) is 11.6. The molecule has 3 aromatic rings. The Morgan fingerprint density at radius 1 is 1.35 bits per heavy atom. The molecule has 0 saturated carbocycles. The highest BCUT2D eigenvalue weighted by atomic mass is 79.9. The fourth-order valence-corrected chi connectivity index (χ4v) is 3.80. The van der Waals surface area contributed by atoms with Gasteiger partial charge < -0.3 is 10.3 Å². The van der Waals surface area contributed by atoms with Crippen molar-refractivity contribution in [2.24, 2.45) is 0 Å². The van der Waals surface area contributed by atoms with Crippen molar-refractivity contribution in [2.75, 3.05) is 5.73 Å². The second-order valence-electron chi connectivity index (χ2n) is 5.19. The number of hydrogen-bond donors (Lipinski definition) is 1. The van der Waals surface area contributed by atoms with E-state index in [0.717, 1.165) is 33.6 Å². The number of rotatable bonds is 3. The van der Waals surface area contributed by atoms with E-state index in [0.29, 0.717) is 5.92 Å². The molecule has 0 saturated heterocycles. The van der Waals surface area contributed by atoms with Crippen LogP contribution in [0.4, 0.5) is 5.69 Å². The molecule has 0 unspecified atom stereocenters. The quantitative estimate of drug-likeness (QED) is 0.701. The van der Waals surface area contributed by atoms with Crippen LogP contribution < -0.4 is 5.73 Å². The monoisotopic (exact) mass is 349 g/mol. The van der Waals surface area contributed by atoms with Gasteiger partial charge >= 0.3 is 0 Å². The smallest absolute Gasteiger partial charge is 0.112 e. The number of anilines is 1. The Bertz CT molecular complexity index is 758. The molecule has 2 N–H and O–H groups in total. The van der Waals surface area contributed by atoms with E-state index in [1.165, 1.54) is 4.88 Å². The maximum absolute atomic E-state index is 5.86. The average molecular weight is 350 g/mol. The molecule has 0 spiro atoms. The summed E-state index contributed by atoms with van der Waals surface area (Å²) < 4.78 is 3.43. The van der Waals surface area contributed by atoms with E-state index >= 15 is 0 Å². The topological polar surface area (TPSA) is 43.8 Å². The van der Waals surface area contributed by atoms with Gasteiger partial charge in [0.15, 0.2) is 0 Å². The molecule has 0 amide bonds. The lowest BCUT2D eigenvalue weighted by Gasteiger charge is -2.10. The third-order valence-electron chi connectivity index (χ3n) is 3.25. The molecule has 0 radical (unpaired) electrons. The molecule has 104 valence electrons. The van der Waals surface area contributed by atoms with E-state index in [1.807, 2.05) is 12.1 Å². The zero-order valence-electron chi connectivity index (χ0n) is 11.4. The molecular weight excluding hydrogens is 334 g/mol. The van der Waals surface area contributed by atoms with Crippen LogP contribution in [0.5, 0.6) is 0 Å². The van der Waals surface area contributed by atoms with E-state index in [4.69, 9.17) is 10.7 Å². The van der Waals surface area contributed by atoms with E-state index in [-0.39, 0.29) is 0 Å². The van der Waals surface area contributed by atoms with Gasteiger partial charge in [0.1, 0.15) is 5.82 Å². The fourth-order valence-electron chi connectivity index (χ4n) is 2.36. The van der Waals surface area contributed by atoms with Crippen molar-refractivity contribution >= 4 is 44.0 Å². The summed E-state index contributed by atoms with van der Waals surface area (Å²) in [5.41, 5.74) is 8.74. The zero-order chi connectivity index (χ0) is 14.3. The number of nitrogens with zero attached hydrogens (tertiary/aromatic N) is 2. The summed E-state index contributed by atoms with van der Waals surface area (Å²) in [6.07, 6.45) is 0. The first-order valence-electron chi connectivity index (χ1n) is 6.53. The Morgan fingerprint density at radius 2 is 2.15 bits per heavy atom. The average Bonchev–Trinajstić information content (AvgIpc) is 2.94. The van der Waals surface area contributed by atoms with Crippen LogP contribution in [-0.2, 0) is 6.54 Å². The number of fused-ring (bicyclic) bond motifs is 1. The molecule has 0 aliphatic rings. The standard InChI is InChI=1S/C15H16BrN3S/c1-9(2)15-18-13-6-11(17)3-4-14(13)19(15)7-12-5-10(16)8-20-12/h3-6,8-9H,7,17H2,1-2H3.